The average molecular weight is 556 g/mol. The number of alkyl halides is 3. The zero-order chi connectivity index (χ0) is 27.1. The first kappa shape index (κ1) is 26.4. The van der Waals surface area contributed by atoms with Gasteiger partial charge in [-0.25, -0.2) is 12.8 Å². The molecule has 0 radical (unpaired) electrons. The maximum atomic E-state index is 15.4. The number of benzene rings is 2. The summed E-state index contributed by atoms with van der Waals surface area (Å²) in [6.07, 6.45) is -3.30. The van der Waals surface area contributed by atoms with E-state index in [9.17, 15) is 21.6 Å². The third kappa shape index (κ3) is 5.22. The van der Waals surface area contributed by atoms with E-state index in [0.29, 0.717) is 30.1 Å². The van der Waals surface area contributed by atoms with Crippen LogP contribution in [0.15, 0.2) is 53.3 Å². The van der Waals surface area contributed by atoms with Crippen molar-refractivity contribution in [3.8, 4) is 16.9 Å². The molecule has 5 rings (SSSR count). The van der Waals surface area contributed by atoms with Crippen LogP contribution in [0, 0.1) is 5.82 Å². The van der Waals surface area contributed by atoms with Crippen molar-refractivity contribution in [2.75, 3.05) is 38.3 Å². The Bertz CT molecular complexity index is 1400. The molecule has 1 aromatic heterocycles. The first-order valence-corrected chi connectivity index (χ1v) is 13.5. The number of hydrogen-bond donors (Lipinski definition) is 0. The summed E-state index contributed by atoms with van der Waals surface area (Å²) in [5.41, 5.74) is -0.0843. The molecule has 0 unspecified atom stereocenters. The van der Waals surface area contributed by atoms with E-state index >= 15 is 4.39 Å². The molecule has 2 atom stereocenters. The van der Waals surface area contributed by atoms with Crippen molar-refractivity contribution in [3.05, 3.63) is 65.8 Å². The molecule has 3 aromatic rings. The van der Waals surface area contributed by atoms with Gasteiger partial charge in [-0.2, -0.15) is 17.5 Å². The predicted molar refractivity (Wildman–Crippen MR) is 130 cm³/mol. The lowest BCUT2D eigenvalue weighted by molar-refractivity contribution is -0.137. The summed E-state index contributed by atoms with van der Waals surface area (Å²) < 4.78 is 98.3. The van der Waals surface area contributed by atoms with Crippen molar-refractivity contribution in [1.82, 2.24) is 9.46 Å². The van der Waals surface area contributed by atoms with E-state index in [1.807, 2.05) is 4.90 Å². The quantitative estimate of drug-likeness (QED) is 0.419. The molecule has 0 aliphatic carbocycles. The van der Waals surface area contributed by atoms with Gasteiger partial charge in [-0.1, -0.05) is 17.3 Å². The van der Waals surface area contributed by atoms with Gasteiger partial charge in [0.2, 0.25) is 10.0 Å². The Morgan fingerprint density at radius 3 is 2.68 bits per heavy atom. The molecule has 2 fully saturated rings. The summed E-state index contributed by atoms with van der Waals surface area (Å²) in [6.45, 7) is 1.03. The van der Waals surface area contributed by atoms with Crippen molar-refractivity contribution in [2.24, 2.45) is 0 Å². The van der Waals surface area contributed by atoms with Gasteiger partial charge in [0.15, 0.2) is 0 Å². The number of anilines is 1. The molecule has 204 valence electrons. The van der Waals surface area contributed by atoms with E-state index < -0.39 is 33.7 Å². The standard InChI is InChI=1S/C25H25F4N3O5S/c1-35-23-12-19(16-3-2-4-17(11-16)25(27,28)29)20(26)13-22(23)32-8-10-36-24-14-31(7-5-21(24)32)38(33,34)15-18-6-9-37-30-18/h2-4,6,9,11-13,21,24H,5,7-8,10,14-15H2,1H3/t21-,24-/m0/s1. The summed E-state index contributed by atoms with van der Waals surface area (Å²) in [7, 11) is -2.25. The summed E-state index contributed by atoms with van der Waals surface area (Å²) >= 11 is 0. The van der Waals surface area contributed by atoms with Gasteiger partial charge in [-0.05, 0) is 30.2 Å². The van der Waals surface area contributed by atoms with Gasteiger partial charge >= 0.3 is 6.18 Å². The largest absolute Gasteiger partial charge is 0.495 e. The molecular weight excluding hydrogens is 530 g/mol. The molecule has 0 spiro atoms. The highest BCUT2D eigenvalue weighted by atomic mass is 32.2. The molecule has 2 aliphatic heterocycles. The van der Waals surface area contributed by atoms with E-state index in [2.05, 4.69) is 5.16 Å². The highest BCUT2D eigenvalue weighted by molar-refractivity contribution is 7.88. The molecule has 2 aromatic carbocycles. The number of hydrogen-bond acceptors (Lipinski definition) is 7. The van der Waals surface area contributed by atoms with Crippen LogP contribution in [0.3, 0.4) is 0 Å². The predicted octanol–water partition coefficient (Wildman–Crippen LogP) is 4.32. The summed E-state index contributed by atoms with van der Waals surface area (Å²) in [5, 5.41) is 3.68. The maximum absolute atomic E-state index is 15.4. The minimum Gasteiger partial charge on any atom is -0.495 e. The average Bonchev–Trinajstić information content (AvgIpc) is 3.40. The second-order valence-electron chi connectivity index (χ2n) is 9.15. The molecular formula is C25H25F4N3O5S. The lowest BCUT2D eigenvalue weighted by Crippen LogP contribution is -2.60. The van der Waals surface area contributed by atoms with E-state index in [4.69, 9.17) is 14.0 Å². The smallest absolute Gasteiger partial charge is 0.416 e. The van der Waals surface area contributed by atoms with Crippen LogP contribution < -0.4 is 9.64 Å². The number of halogens is 4. The van der Waals surface area contributed by atoms with Crippen molar-refractivity contribution >= 4 is 15.7 Å². The normalized spacial score (nSPS) is 20.8. The number of aromatic nitrogens is 1. The van der Waals surface area contributed by atoms with Gasteiger partial charge < -0.3 is 18.9 Å². The first-order chi connectivity index (χ1) is 18.1. The number of piperidine rings is 1. The van der Waals surface area contributed by atoms with E-state index in [1.165, 1.54) is 48.0 Å². The molecule has 13 heteroatoms. The Labute approximate surface area is 216 Å². The van der Waals surface area contributed by atoms with Gasteiger partial charge in [0.25, 0.3) is 0 Å². The second-order valence-corrected chi connectivity index (χ2v) is 11.1. The molecule has 0 bridgehead atoms. The number of methoxy groups -OCH3 is 1. The fraction of sp³-hybridized carbons (Fsp3) is 0.400. The number of morpholine rings is 1. The van der Waals surface area contributed by atoms with Crippen molar-refractivity contribution in [3.63, 3.8) is 0 Å². The zero-order valence-electron chi connectivity index (χ0n) is 20.3. The van der Waals surface area contributed by atoms with Gasteiger partial charge in [-0.15, -0.1) is 0 Å². The Kier molecular flexibility index (Phi) is 7.09. The summed E-state index contributed by atoms with van der Waals surface area (Å²) in [5.74, 6) is -0.697. The molecule has 0 saturated carbocycles. The highest BCUT2D eigenvalue weighted by Gasteiger charge is 2.41. The van der Waals surface area contributed by atoms with Gasteiger partial charge in [0.1, 0.15) is 23.6 Å². The van der Waals surface area contributed by atoms with Crippen molar-refractivity contribution in [1.29, 1.82) is 0 Å². The van der Waals surface area contributed by atoms with Crippen LogP contribution in [-0.2, 0) is 26.7 Å². The van der Waals surface area contributed by atoms with E-state index in [1.54, 1.807) is 0 Å². The topological polar surface area (TPSA) is 85.1 Å². The minimum atomic E-state index is -4.56. The third-order valence-corrected chi connectivity index (χ3v) is 8.62. The Balaban J connectivity index is 1.40. The Morgan fingerprint density at radius 1 is 1.16 bits per heavy atom. The van der Waals surface area contributed by atoms with Crippen LogP contribution in [0.25, 0.3) is 11.1 Å². The van der Waals surface area contributed by atoms with Gasteiger partial charge in [0.05, 0.1) is 42.8 Å². The lowest BCUT2D eigenvalue weighted by atomic mass is 9.97. The molecule has 8 nitrogen and oxygen atoms in total. The van der Waals surface area contributed by atoms with Crippen LogP contribution in [0.4, 0.5) is 23.2 Å². The molecule has 0 N–H and O–H groups in total. The Morgan fingerprint density at radius 2 is 1.97 bits per heavy atom. The van der Waals surface area contributed by atoms with Crippen LogP contribution in [0.2, 0.25) is 0 Å². The van der Waals surface area contributed by atoms with Crippen molar-refractivity contribution < 1.29 is 40.0 Å². The molecule has 2 saturated heterocycles. The molecule has 0 amide bonds. The van der Waals surface area contributed by atoms with Crippen LogP contribution in [0.1, 0.15) is 17.7 Å². The van der Waals surface area contributed by atoms with Crippen LogP contribution in [-0.4, -0.2) is 63.4 Å². The molecule has 3 heterocycles. The van der Waals surface area contributed by atoms with E-state index in [0.717, 1.165) is 12.1 Å². The molecule has 2 aliphatic rings. The number of ether oxygens (including phenoxy) is 2. The number of rotatable bonds is 6. The van der Waals surface area contributed by atoms with Gasteiger partial charge in [-0.3, -0.25) is 0 Å². The minimum absolute atomic E-state index is 0.0183. The second kappa shape index (κ2) is 10.2. The number of sulfonamides is 1. The summed E-state index contributed by atoms with van der Waals surface area (Å²) in [6, 6.07) is 8.35. The lowest BCUT2D eigenvalue weighted by Gasteiger charge is -2.47. The highest BCUT2D eigenvalue weighted by Crippen LogP contribution is 2.40. The van der Waals surface area contributed by atoms with Crippen LogP contribution in [0.5, 0.6) is 5.75 Å². The number of nitrogens with zero attached hydrogens (tertiary/aromatic N) is 3. The summed E-state index contributed by atoms with van der Waals surface area (Å²) in [4.78, 5) is 1.92. The maximum Gasteiger partial charge on any atom is 0.416 e. The third-order valence-electron chi connectivity index (χ3n) is 6.85. The Hall–Kier alpha value is -3.16. The SMILES string of the molecule is COc1cc(-c2cccc(C(F)(F)F)c2)c(F)cc1N1CCO[C@H]2CN(S(=O)(=O)Cc3ccon3)CC[C@@H]21. The fourth-order valence-corrected chi connectivity index (χ4v) is 6.48. The van der Waals surface area contributed by atoms with Crippen LogP contribution >= 0.6 is 0 Å². The molecule has 38 heavy (non-hydrogen) atoms. The van der Waals surface area contributed by atoms with Gasteiger partial charge in [0, 0.05) is 37.3 Å². The zero-order valence-corrected chi connectivity index (χ0v) is 21.1. The first-order valence-electron chi connectivity index (χ1n) is 11.9. The number of fused-ring (bicyclic) bond motifs is 1. The van der Waals surface area contributed by atoms with E-state index in [-0.39, 0.29) is 42.6 Å². The monoisotopic (exact) mass is 555 g/mol. The van der Waals surface area contributed by atoms with Crippen molar-refractivity contribution in [2.45, 2.75) is 30.5 Å². The fourth-order valence-electron chi connectivity index (χ4n) is 5.02.